The fraction of sp³-hybridized carbons (Fsp3) is 0.350. The molecule has 0 radical (unpaired) electrons. The molecule has 2 heterocycles. The number of ether oxygens (including phenoxy) is 3. The van der Waals surface area contributed by atoms with Crippen molar-refractivity contribution in [2.75, 3.05) is 32.9 Å². The number of amides is 1. The lowest BCUT2D eigenvalue weighted by atomic mass is 10.1. The molecule has 4 rings (SSSR count). The first-order chi connectivity index (χ1) is 12.7. The number of benzene rings is 2. The van der Waals surface area contributed by atoms with Gasteiger partial charge < -0.3 is 19.1 Å². The highest BCUT2D eigenvalue weighted by Crippen LogP contribution is 2.31. The Balaban J connectivity index is 1.45. The summed E-state index contributed by atoms with van der Waals surface area (Å²) in [5, 5.41) is 0.728. The summed E-state index contributed by atoms with van der Waals surface area (Å²) < 4.78 is 16.9. The van der Waals surface area contributed by atoms with Gasteiger partial charge >= 0.3 is 0 Å². The second-order valence-corrected chi connectivity index (χ2v) is 6.81. The zero-order valence-corrected chi connectivity index (χ0v) is 15.1. The van der Waals surface area contributed by atoms with Crippen LogP contribution in [0.4, 0.5) is 0 Å². The number of morpholine rings is 1. The first-order valence-electron chi connectivity index (χ1n) is 8.74. The number of halogens is 1. The third-order valence-electron chi connectivity index (χ3n) is 4.62. The van der Waals surface area contributed by atoms with Crippen LogP contribution in [-0.2, 0) is 11.2 Å². The molecular weight excluding hydrogens is 354 g/mol. The van der Waals surface area contributed by atoms with Crippen molar-refractivity contribution in [3.63, 3.8) is 0 Å². The van der Waals surface area contributed by atoms with E-state index in [1.165, 1.54) is 0 Å². The van der Waals surface area contributed by atoms with Crippen LogP contribution in [0.5, 0.6) is 11.5 Å². The Morgan fingerprint density at radius 1 is 1.08 bits per heavy atom. The number of rotatable bonds is 3. The van der Waals surface area contributed by atoms with Crippen molar-refractivity contribution >= 4 is 17.5 Å². The average molecular weight is 374 g/mol. The SMILES string of the molecule is O=C(c1ccc2c(c1)OCCO2)N1CCOC(Cc2ccccc2Cl)C1. The number of hydrogen-bond acceptors (Lipinski definition) is 4. The summed E-state index contributed by atoms with van der Waals surface area (Å²) in [7, 11) is 0. The monoisotopic (exact) mass is 373 g/mol. The molecule has 0 saturated carbocycles. The topological polar surface area (TPSA) is 48.0 Å². The molecule has 6 heteroatoms. The van der Waals surface area contributed by atoms with E-state index in [9.17, 15) is 4.79 Å². The molecule has 2 aromatic carbocycles. The van der Waals surface area contributed by atoms with Crippen molar-refractivity contribution in [1.29, 1.82) is 0 Å². The Morgan fingerprint density at radius 2 is 1.88 bits per heavy atom. The van der Waals surface area contributed by atoms with Gasteiger partial charge in [-0.05, 0) is 29.8 Å². The Bertz CT molecular complexity index is 810. The Kier molecular flexibility index (Phi) is 5.00. The number of carbonyl (C=O) groups excluding carboxylic acids is 1. The lowest BCUT2D eigenvalue weighted by Crippen LogP contribution is -2.46. The lowest BCUT2D eigenvalue weighted by Gasteiger charge is -2.33. The minimum Gasteiger partial charge on any atom is -0.486 e. The molecule has 1 atom stereocenters. The van der Waals surface area contributed by atoms with Crippen LogP contribution < -0.4 is 9.47 Å². The largest absolute Gasteiger partial charge is 0.486 e. The van der Waals surface area contributed by atoms with Gasteiger partial charge in [-0.1, -0.05) is 29.8 Å². The van der Waals surface area contributed by atoms with Crippen LogP contribution in [0, 0.1) is 0 Å². The molecule has 1 unspecified atom stereocenters. The number of fused-ring (bicyclic) bond motifs is 1. The van der Waals surface area contributed by atoms with Crippen LogP contribution in [0.2, 0.25) is 5.02 Å². The highest BCUT2D eigenvalue weighted by Gasteiger charge is 2.26. The minimum atomic E-state index is -0.0650. The first-order valence-corrected chi connectivity index (χ1v) is 9.12. The summed E-state index contributed by atoms with van der Waals surface area (Å²) in [6.07, 6.45) is 0.620. The van der Waals surface area contributed by atoms with Gasteiger partial charge in [0.05, 0.1) is 12.7 Å². The normalized spacial score (nSPS) is 19.3. The quantitative estimate of drug-likeness (QED) is 0.829. The van der Waals surface area contributed by atoms with Gasteiger partial charge in [-0.2, -0.15) is 0 Å². The standard InChI is InChI=1S/C20H20ClNO4/c21-17-4-2-1-3-14(17)11-16-13-22(7-8-24-16)20(23)15-5-6-18-19(12-15)26-10-9-25-18/h1-6,12,16H,7-11,13H2. The molecule has 0 spiro atoms. The molecule has 2 aliphatic heterocycles. The van der Waals surface area contributed by atoms with Gasteiger partial charge in [0.1, 0.15) is 13.2 Å². The Morgan fingerprint density at radius 3 is 2.73 bits per heavy atom. The highest BCUT2D eigenvalue weighted by atomic mass is 35.5. The van der Waals surface area contributed by atoms with Crippen LogP contribution >= 0.6 is 11.6 Å². The molecule has 5 nitrogen and oxygen atoms in total. The van der Waals surface area contributed by atoms with Crippen molar-refractivity contribution in [3.05, 3.63) is 58.6 Å². The molecule has 1 amide bonds. The third kappa shape index (κ3) is 3.64. The van der Waals surface area contributed by atoms with Crippen molar-refractivity contribution in [3.8, 4) is 11.5 Å². The number of nitrogens with zero attached hydrogens (tertiary/aromatic N) is 1. The molecule has 1 saturated heterocycles. The molecule has 0 aliphatic carbocycles. The second-order valence-electron chi connectivity index (χ2n) is 6.40. The predicted octanol–water partition coefficient (Wildman–Crippen LogP) is 3.19. The Labute approximate surface area is 157 Å². The van der Waals surface area contributed by atoms with E-state index >= 15 is 0 Å². The van der Waals surface area contributed by atoms with Crippen LogP contribution in [-0.4, -0.2) is 49.8 Å². The number of carbonyl (C=O) groups is 1. The van der Waals surface area contributed by atoms with Gasteiger partial charge in [-0.25, -0.2) is 0 Å². The van der Waals surface area contributed by atoms with Crippen molar-refractivity contribution < 1.29 is 19.0 Å². The first kappa shape index (κ1) is 17.2. The van der Waals surface area contributed by atoms with E-state index in [1.54, 1.807) is 18.2 Å². The molecule has 2 aliphatic rings. The smallest absolute Gasteiger partial charge is 0.254 e. The lowest BCUT2D eigenvalue weighted by molar-refractivity contribution is -0.0208. The molecule has 1 fully saturated rings. The summed E-state index contributed by atoms with van der Waals surface area (Å²) >= 11 is 6.24. The molecule has 0 N–H and O–H groups in total. The van der Waals surface area contributed by atoms with Crippen molar-refractivity contribution in [2.24, 2.45) is 0 Å². The number of hydrogen-bond donors (Lipinski definition) is 0. The minimum absolute atomic E-state index is 0.0190. The van der Waals surface area contributed by atoms with Gasteiger partial charge in [-0.15, -0.1) is 0 Å². The fourth-order valence-corrected chi connectivity index (χ4v) is 3.51. The van der Waals surface area contributed by atoms with Crippen LogP contribution in [0.25, 0.3) is 0 Å². The van der Waals surface area contributed by atoms with Crippen LogP contribution in [0.1, 0.15) is 15.9 Å². The van der Waals surface area contributed by atoms with Gasteiger partial charge in [0.25, 0.3) is 5.91 Å². The maximum Gasteiger partial charge on any atom is 0.254 e. The van der Waals surface area contributed by atoms with Gasteiger partial charge in [-0.3, -0.25) is 4.79 Å². The third-order valence-corrected chi connectivity index (χ3v) is 4.99. The van der Waals surface area contributed by atoms with Gasteiger partial charge in [0.2, 0.25) is 0 Å². The molecule has 0 aromatic heterocycles. The molecule has 136 valence electrons. The maximum absolute atomic E-state index is 12.9. The molecule has 0 bridgehead atoms. The Hall–Kier alpha value is -2.24. The summed E-state index contributed by atoms with van der Waals surface area (Å²) in [6, 6.07) is 13.1. The molecule has 26 heavy (non-hydrogen) atoms. The predicted molar refractivity (Wildman–Crippen MR) is 98.2 cm³/mol. The molecule has 2 aromatic rings. The van der Waals surface area contributed by atoms with Crippen LogP contribution in [0.15, 0.2) is 42.5 Å². The maximum atomic E-state index is 12.9. The average Bonchev–Trinajstić information content (AvgIpc) is 2.69. The van der Waals surface area contributed by atoms with Crippen molar-refractivity contribution in [1.82, 2.24) is 4.90 Å². The van der Waals surface area contributed by atoms with E-state index < -0.39 is 0 Å². The summed E-state index contributed by atoms with van der Waals surface area (Å²) in [5.74, 6) is 1.30. The fourth-order valence-electron chi connectivity index (χ4n) is 3.30. The van der Waals surface area contributed by atoms with Crippen molar-refractivity contribution in [2.45, 2.75) is 12.5 Å². The van der Waals surface area contributed by atoms with Gasteiger partial charge in [0.15, 0.2) is 11.5 Å². The van der Waals surface area contributed by atoms with Gasteiger partial charge in [0, 0.05) is 30.1 Å². The van der Waals surface area contributed by atoms with E-state index in [1.807, 2.05) is 29.2 Å². The van der Waals surface area contributed by atoms with E-state index in [2.05, 4.69) is 0 Å². The second kappa shape index (κ2) is 7.56. The summed E-state index contributed by atoms with van der Waals surface area (Å²) in [5.41, 5.74) is 1.64. The van der Waals surface area contributed by atoms with E-state index in [0.717, 1.165) is 10.6 Å². The summed E-state index contributed by atoms with van der Waals surface area (Å²) in [6.45, 7) is 2.67. The zero-order valence-electron chi connectivity index (χ0n) is 14.3. The van der Waals surface area contributed by atoms with E-state index in [4.69, 9.17) is 25.8 Å². The van der Waals surface area contributed by atoms with E-state index in [-0.39, 0.29) is 12.0 Å². The van der Waals surface area contributed by atoms with E-state index in [0.29, 0.717) is 56.4 Å². The zero-order chi connectivity index (χ0) is 17.9. The summed E-state index contributed by atoms with van der Waals surface area (Å²) in [4.78, 5) is 14.7. The van der Waals surface area contributed by atoms with Crippen LogP contribution in [0.3, 0.4) is 0 Å². The highest BCUT2D eigenvalue weighted by molar-refractivity contribution is 6.31. The molecular formula is C20H20ClNO4.